The number of carboxylic acid groups (broad SMARTS) is 1. The summed E-state index contributed by atoms with van der Waals surface area (Å²) < 4.78 is 0. The molecule has 0 saturated heterocycles. The second kappa shape index (κ2) is 5.83. The number of nitrogens with zero attached hydrogens (tertiary/aromatic N) is 1. The Morgan fingerprint density at radius 3 is 2.60 bits per heavy atom. The van der Waals surface area contributed by atoms with Crippen molar-refractivity contribution in [3.05, 3.63) is 59.4 Å². The van der Waals surface area contributed by atoms with Crippen molar-refractivity contribution in [3.8, 4) is 0 Å². The van der Waals surface area contributed by atoms with E-state index in [1.165, 1.54) is 12.3 Å². The number of carbonyl (C=O) groups excluding carboxylic acids is 1. The van der Waals surface area contributed by atoms with Gasteiger partial charge in [0, 0.05) is 17.4 Å². The van der Waals surface area contributed by atoms with Crippen LogP contribution in [-0.4, -0.2) is 22.0 Å². The van der Waals surface area contributed by atoms with E-state index in [2.05, 4.69) is 10.3 Å². The lowest BCUT2D eigenvalue weighted by molar-refractivity contribution is 0.0696. The third kappa shape index (κ3) is 3.32. The first kappa shape index (κ1) is 13.5. The van der Waals surface area contributed by atoms with Crippen LogP contribution < -0.4 is 11.1 Å². The number of hydrogen-bond acceptors (Lipinski definition) is 4. The van der Waals surface area contributed by atoms with Crippen LogP contribution in [0, 0.1) is 0 Å². The number of nitrogens with one attached hydrogen (secondary N) is 1. The summed E-state index contributed by atoms with van der Waals surface area (Å²) in [5.74, 6) is -1.50. The van der Waals surface area contributed by atoms with Crippen molar-refractivity contribution in [1.82, 2.24) is 4.98 Å². The summed E-state index contributed by atoms with van der Waals surface area (Å²) in [5, 5.41) is 11.9. The summed E-state index contributed by atoms with van der Waals surface area (Å²) in [6, 6.07) is 9.93. The molecule has 0 aliphatic heterocycles. The van der Waals surface area contributed by atoms with E-state index in [0.717, 1.165) is 5.69 Å². The van der Waals surface area contributed by atoms with Crippen molar-refractivity contribution in [2.24, 2.45) is 5.73 Å². The number of amides is 1. The van der Waals surface area contributed by atoms with Crippen LogP contribution in [0.3, 0.4) is 0 Å². The molecule has 2 rings (SSSR count). The average molecular weight is 271 g/mol. The summed E-state index contributed by atoms with van der Waals surface area (Å²) in [4.78, 5) is 25.8. The van der Waals surface area contributed by atoms with Gasteiger partial charge in [-0.15, -0.1) is 0 Å². The zero-order chi connectivity index (χ0) is 14.5. The van der Waals surface area contributed by atoms with E-state index in [1.807, 2.05) is 0 Å². The normalized spacial score (nSPS) is 10.0. The molecule has 0 bridgehead atoms. The molecule has 20 heavy (non-hydrogen) atoms. The summed E-state index contributed by atoms with van der Waals surface area (Å²) in [7, 11) is 0. The minimum Gasteiger partial charge on any atom is -0.478 e. The van der Waals surface area contributed by atoms with Gasteiger partial charge in [0.15, 0.2) is 0 Å². The number of nitrogens with two attached hydrogens (primary N) is 1. The molecule has 1 amide bonds. The van der Waals surface area contributed by atoms with Crippen LogP contribution in [0.5, 0.6) is 0 Å². The van der Waals surface area contributed by atoms with E-state index < -0.39 is 11.9 Å². The highest BCUT2D eigenvalue weighted by Crippen LogP contribution is 2.11. The van der Waals surface area contributed by atoms with Crippen LogP contribution in [-0.2, 0) is 6.54 Å². The fourth-order valence-electron chi connectivity index (χ4n) is 1.63. The lowest BCUT2D eigenvalue weighted by Gasteiger charge is -2.07. The van der Waals surface area contributed by atoms with Gasteiger partial charge in [0.05, 0.1) is 17.8 Å². The van der Waals surface area contributed by atoms with Gasteiger partial charge in [-0.2, -0.15) is 0 Å². The maximum atomic E-state index is 11.1. The van der Waals surface area contributed by atoms with Crippen molar-refractivity contribution in [2.45, 2.75) is 6.54 Å². The van der Waals surface area contributed by atoms with Gasteiger partial charge in [0.25, 0.3) is 0 Å². The molecule has 6 nitrogen and oxygen atoms in total. The zero-order valence-electron chi connectivity index (χ0n) is 10.5. The first-order chi connectivity index (χ1) is 9.56. The lowest BCUT2D eigenvalue weighted by atomic mass is 10.2. The number of aromatic carboxylic acids is 1. The van der Waals surface area contributed by atoms with Crippen LogP contribution in [0.1, 0.15) is 26.4 Å². The molecule has 0 aliphatic rings. The maximum absolute atomic E-state index is 11.1. The van der Waals surface area contributed by atoms with Gasteiger partial charge in [-0.25, -0.2) is 4.79 Å². The number of carbonyl (C=O) groups is 2. The Hall–Kier alpha value is -2.89. The zero-order valence-corrected chi connectivity index (χ0v) is 10.5. The minimum atomic E-state index is -1.01. The number of aromatic nitrogens is 1. The molecule has 1 aromatic heterocycles. The van der Waals surface area contributed by atoms with Crippen molar-refractivity contribution >= 4 is 17.6 Å². The number of primary amides is 1. The molecule has 0 spiro atoms. The predicted octanol–water partition coefficient (Wildman–Crippen LogP) is 1.49. The van der Waals surface area contributed by atoms with Gasteiger partial charge in [-0.05, 0) is 30.3 Å². The molecule has 102 valence electrons. The molecular formula is C14H13N3O3. The molecule has 0 fully saturated rings. The molecular weight excluding hydrogens is 258 g/mol. The fourth-order valence-corrected chi connectivity index (χ4v) is 1.63. The summed E-state index contributed by atoms with van der Waals surface area (Å²) in [6.07, 6.45) is 1.30. The molecule has 0 unspecified atom stereocenters. The molecule has 0 saturated carbocycles. The Kier molecular flexibility index (Phi) is 3.95. The fraction of sp³-hybridized carbons (Fsp3) is 0.0714. The Morgan fingerprint density at radius 1 is 1.20 bits per heavy atom. The number of benzene rings is 1. The number of hydrogen-bond donors (Lipinski definition) is 3. The lowest BCUT2D eigenvalue weighted by Crippen LogP contribution is -2.11. The molecule has 0 atom stereocenters. The van der Waals surface area contributed by atoms with Crippen LogP contribution >= 0.6 is 0 Å². The van der Waals surface area contributed by atoms with Gasteiger partial charge in [0.1, 0.15) is 0 Å². The SMILES string of the molecule is NC(=O)c1cccc(NCc2ccc(C(=O)O)cn2)c1. The Balaban J connectivity index is 2.03. The van der Waals surface area contributed by atoms with Crippen LogP contribution in [0.25, 0.3) is 0 Å². The largest absolute Gasteiger partial charge is 0.478 e. The highest BCUT2D eigenvalue weighted by molar-refractivity contribution is 5.93. The van der Waals surface area contributed by atoms with Gasteiger partial charge < -0.3 is 16.2 Å². The average Bonchev–Trinajstić information content (AvgIpc) is 2.46. The van der Waals surface area contributed by atoms with E-state index in [4.69, 9.17) is 10.8 Å². The number of carboxylic acids is 1. The summed E-state index contributed by atoms with van der Waals surface area (Å²) >= 11 is 0. The highest BCUT2D eigenvalue weighted by atomic mass is 16.4. The number of pyridine rings is 1. The molecule has 2 aromatic rings. The Morgan fingerprint density at radius 2 is 2.00 bits per heavy atom. The third-order valence-corrected chi connectivity index (χ3v) is 2.69. The molecule has 1 heterocycles. The van der Waals surface area contributed by atoms with Crippen LogP contribution in [0.4, 0.5) is 5.69 Å². The number of anilines is 1. The molecule has 4 N–H and O–H groups in total. The van der Waals surface area contributed by atoms with Crippen molar-refractivity contribution < 1.29 is 14.7 Å². The summed E-state index contributed by atoms with van der Waals surface area (Å²) in [5.41, 5.74) is 7.20. The maximum Gasteiger partial charge on any atom is 0.337 e. The Bertz CT molecular complexity index is 638. The predicted molar refractivity (Wildman–Crippen MR) is 73.5 cm³/mol. The first-order valence-electron chi connectivity index (χ1n) is 5.88. The first-order valence-corrected chi connectivity index (χ1v) is 5.88. The number of rotatable bonds is 5. The van der Waals surface area contributed by atoms with E-state index >= 15 is 0 Å². The molecule has 0 aliphatic carbocycles. The van der Waals surface area contributed by atoms with Gasteiger partial charge in [-0.3, -0.25) is 9.78 Å². The van der Waals surface area contributed by atoms with E-state index in [1.54, 1.807) is 30.3 Å². The van der Waals surface area contributed by atoms with Crippen LogP contribution in [0.2, 0.25) is 0 Å². The van der Waals surface area contributed by atoms with Gasteiger partial charge >= 0.3 is 5.97 Å². The second-order valence-electron chi connectivity index (χ2n) is 4.14. The quantitative estimate of drug-likeness (QED) is 0.764. The second-order valence-corrected chi connectivity index (χ2v) is 4.14. The van der Waals surface area contributed by atoms with Gasteiger partial charge in [-0.1, -0.05) is 6.07 Å². The molecule has 0 radical (unpaired) electrons. The van der Waals surface area contributed by atoms with E-state index in [9.17, 15) is 9.59 Å². The molecule has 1 aromatic carbocycles. The van der Waals surface area contributed by atoms with E-state index in [-0.39, 0.29) is 5.56 Å². The standard InChI is InChI=1S/C14H13N3O3/c15-13(18)9-2-1-3-11(6-9)17-8-12-5-4-10(7-16-12)14(19)20/h1-7,17H,8H2,(H2,15,18)(H,19,20). The van der Waals surface area contributed by atoms with Gasteiger partial charge in [0.2, 0.25) is 5.91 Å². The topological polar surface area (TPSA) is 105 Å². The summed E-state index contributed by atoms with van der Waals surface area (Å²) in [6.45, 7) is 0.419. The van der Waals surface area contributed by atoms with E-state index in [0.29, 0.717) is 17.8 Å². The van der Waals surface area contributed by atoms with Crippen molar-refractivity contribution in [1.29, 1.82) is 0 Å². The minimum absolute atomic E-state index is 0.143. The monoisotopic (exact) mass is 271 g/mol. The van der Waals surface area contributed by atoms with Crippen LogP contribution in [0.15, 0.2) is 42.6 Å². The van der Waals surface area contributed by atoms with Crippen molar-refractivity contribution in [2.75, 3.05) is 5.32 Å². The smallest absolute Gasteiger partial charge is 0.337 e. The third-order valence-electron chi connectivity index (χ3n) is 2.69. The van der Waals surface area contributed by atoms with Crippen molar-refractivity contribution in [3.63, 3.8) is 0 Å². The molecule has 6 heteroatoms. The Labute approximate surface area is 115 Å². The highest BCUT2D eigenvalue weighted by Gasteiger charge is 2.04.